The van der Waals surface area contributed by atoms with Crippen molar-refractivity contribution in [1.29, 1.82) is 0 Å². The molecule has 8 nitrogen and oxygen atoms in total. The maximum Gasteiger partial charge on any atom is 0.414 e. The van der Waals surface area contributed by atoms with Crippen LogP contribution in [0.15, 0.2) is 36.4 Å². The van der Waals surface area contributed by atoms with E-state index in [1.165, 1.54) is 4.90 Å². The number of nitrogens with zero attached hydrogens (tertiary/aromatic N) is 2. The summed E-state index contributed by atoms with van der Waals surface area (Å²) in [6, 6.07) is 10.6. The van der Waals surface area contributed by atoms with Crippen molar-refractivity contribution in [2.45, 2.75) is 12.5 Å². The summed E-state index contributed by atoms with van der Waals surface area (Å²) in [5, 5.41) is 3.53. The maximum atomic E-state index is 12.5. The lowest BCUT2D eigenvalue weighted by molar-refractivity contribution is -0.125. The van der Waals surface area contributed by atoms with Gasteiger partial charge in [-0.2, -0.15) is 0 Å². The lowest BCUT2D eigenvalue weighted by Crippen LogP contribution is -2.41. The minimum atomic E-state index is -0.465. The number of hydrogen-bond acceptors (Lipinski definition) is 5. The highest BCUT2D eigenvalue weighted by Gasteiger charge is 2.33. The number of ether oxygens (including phenoxy) is 2. The summed E-state index contributed by atoms with van der Waals surface area (Å²) in [6.45, 7) is 1.62. The molecule has 1 aliphatic carbocycles. The van der Waals surface area contributed by atoms with Crippen LogP contribution >= 0.6 is 11.6 Å². The van der Waals surface area contributed by atoms with Gasteiger partial charge in [0, 0.05) is 34.9 Å². The molecule has 0 spiro atoms. The molecule has 1 unspecified atom stereocenters. The second-order valence-electron chi connectivity index (χ2n) is 7.67. The van der Waals surface area contributed by atoms with Crippen LogP contribution < -0.4 is 15.1 Å². The fraction of sp³-hybridized carbons (Fsp3) is 0.318. The van der Waals surface area contributed by atoms with Crippen molar-refractivity contribution in [2.24, 2.45) is 0 Å². The number of carbonyl (C=O) groups excluding carboxylic acids is 3. The lowest BCUT2D eigenvalue weighted by atomic mass is 10.2. The summed E-state index contributed by atoms with van der Waals surface area (Å²) in [5.41, 5.74) is 4.06. The smallest absolute Gasteiger partial charge is 0.414 e. The molecule has 2 saturated heterocycles. The van der Waals surface area contributed by atoms with Crippen LogP contribution in [0.3, 0.4) is 0 Å². The highest BCUT2D eigenvalue weighted by atomic mass is 35.5. The first-order valence-corrected chi connectivity index (χ1v) is 10.4. The first kappa shape index (κ1) is 19.8. The Hall–Kier alpha value is -3.10. The van der Waals surface area contributed by atoms with Crippen molar-refractivity contribution < 1.29 is 23.9 Å². The molecule has 0 bridgehead atoms. The average molecular weight is 442 g/mol. The van der Waals surface area contributed by atoms with Gasteiger partial charge in [-0.15, -0.1) is 0 Å². The zero-order valence-electron chi connectivity index (χ0n) is 16.6. The number of morpholine rings is 1. The Morgan fingerprint density at radius 2 is 1.81 bits per heavy atom. The van der Waals surface area contributed by atoms with Gasteiger partial charge in [-0.25, -0.2) is 4.79 Å². The van der Waals surface area contributed by atoms with Crippen LogP contribution in [0.5, 0.6) is 0 Å². The first-order valence-electron chi connectivity index (χ1n) is 10.1. The molecular weight excluding hydrogens is 422 g/mol. The van der Waals surface area contributed by atoms with E-state index in [9.17, 15) is 14.4 Å². The monoisotopic (exact) mass is 441 g/mol. The van der Waals surface area contributed by atoms with Crippen molar-refractivity contribution in [3.63, 3.8) is 0 Å². The molecule has 1 N–H and O–H groups in total. The summed E-state index contributed by atoms with van der Waals surface area (Å²) >= 11 is 6.05. The summed E-state index contributed by atoms with van der Waals surface area (Å²) in [6.07, 6.45) is -0.173. The standard InChI is InChI=1S/C22H20ClN3O5/c23-19-6-5-16(17-9-18(17)19)21(28)24-10-15-11-26(22(29)31-15)14-3-1-13(2-4-14)25-7-8-30-12-20(25)27/h1-6,15H,7-12H2,(H,24,28). The van der Waals surface area contributed by atoms with E-state index < -0.39 is 12.2 Å². The van der Waals surface area contributed by atoms with E-state index in [0.717, 1.165) is 23.2 Å². The average Bonchev–Trinajstić information content (AvgIpc) is 3.50. The van der Waals surface area contributed by atoms with Crippen LogP contribution in [-0.4, -0.2) is 56.9 Å². The fourth-order valence-corrected chi connectivity index (χ4v) is 4.18. The van der Waals surface area contributed by atoms with Gasteiger partial charge in [-0.05, 0) is 47.5 Å². The number of amides is 3. The number of halogens is 1. The third-order valence-corrected chi connectivity index (χ3v) is 6.02. The number of cyclic esters (lactones) is 1. The molecule has 3 aliphatic rings. The Labute approximate surface area is 183 Å². The molecule has 2 aromatic carbocycles. The molecule has 160 valence electrons. The predicted molar refractivity (Wildman–Crippen MR) is 114 cm³/mol. The van der Waals surface area contributed by atoms with E-state index in [0.29, 0.717) is 36.0 Å². The van der Waals surface area contributed by atoms with Crippen molar-refractivity contribution in [1.82, 2.24) is 5.32 Å². The van der Waals surface area contributed by atoms with Crippen LogP contribution in [0.2, 0.25) is 5.02 Å². The van der Waals surface area contributed by atoms with E-state index in [-0.39, 0.29) is 25.0 Å². The van der Waals surface area contributed by atoms with Crippen molar-refractivity contribution >= 4 is 40.9 Å². The topological polar surface area (TPSA) is 88.2 Å². The number of benzene rings is 2. The molecule has 2 aromatic rings. The molecule has 0 radical (unpaired) electrons. The summed E-state index contributed by atoms with van der Waals surface area (Å²) < 4.78 is 10.6. The molecule has 31 heavy (non-hydrogen) atoms. The molecule has 0 saturated carbocycles. The summed E-state index contributed by atoms with van der Waals surface area (Å²) in [7, 11) is 0. The van der Waals surface area contributed by atoms with Crippen molar-refractivity contribution in [2.75, 3.05) is 42.6 Å². The van der Waals surface area contributed by atoms with Crippen LogP contribution in [0.1, 0.15) is 21.5 Å². The highest BCUT2D eigenvalue weighted by Crippen LogP contribution is 2.37. The minimum absolute atomic E-state index is 0.0758. The maximum absolute atomic E-state index is 12.5. The van der Waals surface area contributed by atoms with Crippen LogP contribution in [0, 0.1) is 0 Å². The van der Waals surface area contributed by atoms with Gasteiger partial charge in [0.2, 0.25) is 0 Å². The fourth-order valence-electron chi connectivity index (χ4n) is 3.93. The van der Waals surface area contributed by atoms with Gasteiger partial charge in [-0.3, -0.25) is 14.5 Å². The SMILES string of the molecule is O=C(NCC1CN(c2ccc(N3CCOCC3=O)cc2)C(=O)O1)c1ccc(Cl)c2c1C2. The van der Waals surface area contributed by atoms with Gasteiger partial charge < -0.3 is 19.7 Å². The number of carbonyl (C=O) groups is 3. The molecule has 2 aliphatic heterocycles. The molecule has 0 aromatic heterocycles. The Kier molecular flexibility index (Phi) is 5.03. The zero-order chi connectivity index (χ0) is 21.5. The van der Waals surface area contributed by atoms with E-state index in [1.54, 1.807) is 41.3 Å². The Balaban J connectivity index is 1.19. The van der Waals surface area contributed by atoms with Gasteiger partial charge in [-0.1, -0.05) is 11.6 Å². The van der Waals surface area contributed by atoms with Gasteiger partial charge in [0.1, 0.15) is 12.7 Å². The lowest BCUT2D eigenvalue weighted by Gasteiger charge is -2.27. The molecule has 3 amide bonds. The van der Waals surface area contributed by atoms with E-state index in [4.69, 9.17) is 21.1 Å². The Morgan fingerprint density at radius 3 is 2.55 bits per heavy atom. The molecule has 2 fully saturated rings. The van der Waals surface area contributed by atoms with Crippen LogP contribution in [0.4, 0.5) is 16.2 Å². The number of anilines is 2. The van der Waals surface area contributed by atoms with Gasteiger partial charge in [0.15, 0.2) is 0 Å². The molecular formula is C22H20ClN3O5. The number of fused-ring (bicyclic) bond motifs is 1. The predicted octanol–water partition coefficient (Wildman–Crippen LogP) is 2.36. The first-order chi connectivity index (χ1) is 15.0. The molecule has 5 rings (SSSR count). The van der Waals surface area contributed by atoms with Gasteiger partial charge in [0.25, 0.3) is 11.8 Å². The second-order valence-corrected chi connectivity index (χ2v) is 8.08. The highest BCUT2D eigenvalue weighted by molar-refractivity contribution is 6.32. The molecule has 9 heteroatoms. The van der Waals surface area contributed by atoms with Crippen LogP contribution in [-0.2, 0) is 20.7 Å². The van der Waals surface area contributed by atoms with E-state index in [2.05, 4.69) is 5.32 Å². The Bertz CT molecular complexity index is 1070. The number of rotatable bonds is 5. The third-order valence-electron chi connectivity index (χ3n) is 5.67. The van der Waals surface area contributed by atoms with Crippen LogP contribution in [0.25, 0.3) is 0 Å². The Morgan fingerprint density at radius 1 is 1.06 bits per heavy atom. The molecule has 2 heterocycles. The van der Waals surface area contributed by atoms with Crippen molar-refractivity contribution in [3.8, 4) is 0 Å². The molecule has 1 atom stereocenters. The zero-order valence-corrected chi connectivity index (χ0v) is 17.4. The van der Waals surface area contributed by atoms with Gasteiger partial charge in [0.05, 0.1) is 19.7 Å². The number of hydrogen-bond donors (Lipinski definition) is 1. The summed E-state index contributed by atoms with van der Waals surface area (Å²) in [4.78, 5) is 40.0. The van der Waals surface area contributed by atoms with E-state index in [1.807, 2.05) is 0 Å². The number of nitrogens with one attached hydrogen (secondary N) is 1. The summed E-state index contributed by atoms with van der Waals surface area (Å²) in [5.74, 6) is -0.283. The third kappa shape index (κ3) is 3.84. The normalized spacial score (nSPS) is 19.8. The quantitative estimate of drug-likeness (QED) is 0.656. The van der Waals surface area contributed by atoms with Gasteiger partial charge >= 0.3 is 6.09 Å². The second kappa shape index (κ2) is 7.86. The minimum Gasteiger partial charge on any atom is -0.442 e. The van der Waals surface area contributed by atoms with E-state index >= 15 is 0 Å². The largest absolute Gasteiger partial charge is 0.442 e. The van der Waals surface area contributed by atoms with Crippen molar-refractivity contribution in [3.05, 3.63) is 58.1 Å².